The fraction of sp³-hybridized carbons (Fsp3) is 0.444. The molecule has 2 atom stereocenters. The maximum Gasteiger partial charge on any atom is 0.308 e. The van der Waals surface area contributed by atoms with E-state index < -0.39 is 11.9 Å². The van der Waals surface area contributed by atoms with Crippen LogP contribution in [0.25, 0.3) is 0 Å². The first-order valence-corrected chi connectivity index (χ1v) is 8.67. The summed E-state index contributed by atoms with van der Waals surface area (Å²) in [7, 11) is 0. The average molecular weight is 359 g/mol. The lowest BCUT2D eigenvalue weighted by atomic mass is 10.0. The average Bonchev–Trinajstić information content (AvgIpc) is 3.07. The van der Waals surface area contributed by atoms with Crippen molar-refractivity contribution in [2.45, 2.75) is 38.1 Å². The van der Waals surface area contributed by atoms with E-state index in [0.717, 1.165) is 6.42 Å². The second-order valence-electron chi connectivity index (χ2n) is 6.59. The summed E-state index contributed by atoms with van der Waals surface area (Å²) in [6, 6.07) is 6.61. The van der Waals surface area contributed by atoms with Crippen molar-refractivity contribution in [1.29, 1.82) is 0 Å². The Kier molecular flexibility index (Phi) is 5.20. The van der Waals surface area contributed by atoms with Crippen LogP contribution < -0.4 is 15.5 Å². The molecule has 1 heterocycles. The molecule has 1 fully saturated rings. The van der Waals surface area contributed by atoms with Gasteiger partial charge in [-0.3, -0.25) is 19.2 Å². The van der Waals surface area contributed by atoms with Crippen molar-refractivity contribution < 1.29 is 24.3 Å². The Balaban J connectivity index is 1.56. The molecule has 2 aliphatic rings. The van der Waals surface area contributed by atoms with Crippen molar-refractivity contribution in [3.8, 4) is 0 Å². The largest absolute Gasteiger partial charge is 0.481 e. The SMILES string of the molecule is O=C1CN(C(=O)CCC(=O)N[C@H]2CCC[C@H]2C(=O)O)c2ccccc2N1. The van der Waals surface area contributed by atoms with Crippen LogP contribution >= 0.6 is 0 Å². The van der Waals surface area contributed by atoms with Gasteiger partial charge in [-0.1, -0.05) is 18.6 Å². The molecule has 8 nitrogen and oxygen atoms in total. The van der Waals surface area contributed by atoms with Crippen LogP contribution in [0, 0.1) is 5.92 Å². The second-order valence-corrected chi connectivity index (χ2v) is 6.59. The molecule has 3 rings (SSSR count). The minimum Gasteiger partial charge on any atom is -0.481 e. The molecule has 3 amide bonds. The Hall–Kier alpha value is -2.90. The molecule has 0 spiro atoms. The zero-order chi connectivity index (χ0) is 18.7. The van der Waals surface area contributed by atoms with E-state index >= 15 is 0 Å². The minimum atomic E-state index is -0.903. The van der Waals surface area contributed by atoms with Gasteiger partial charge < -0.3 is 20.6 Å². The molecule has 138 valence electrons. The molecule has 1 aromatic carbocycles. The maximum absolute atomic E-state index is 12.5. The van der Waals surface area contributed by atoms with E-state index in [1.165, 1.54) is 4.90 Å². The van der Waals surface area contributed by atoms with Crippen LogP contribution in [0.2, 0.25) is 0 Å². The molecule has 0 radical (unpaired) electrons. The number of amides is 3. The summed E-state index contributed by atoms with van der Waals surface area (Å²) >= 11 is 0. The summed E-state index contributed by atoms with van der Waals surface area (Å²) in [5.74, 6) is -2.40. The first kappa shape index (κ1) is 17.9. The number of nitrogens with zero attached hydrogens (tertiary/aromatic N) is 1. The van der Waals surface area contributed by atoms with Gasteiger partial charge in [-0.2, -0.15) is 0 Å². The summed E-state index contributed by atoms with van der Waals surface area (Å²) in [5.41, 5.74) is 1.18. The minimum absolute atomic E-state index is 0.0397. The Bertz CT molecular complexity index is 748. The summed E-state index contributed by atoms with van der Waals surface area (Å²) in [6.45, 7) is -0.0822. The second kappa shape index (κ2) is 7.55. The molecular weight excluding hydrogens is 338 g/mol. The van der Waals surface area contributed by atoms with Crippen molar-refractivity contribution in [2.75, 3.05) is 16.8 Å². The number of carboxylic acids is 1. The van der Waals surface area contributed by atoms with E-state index in [1.54, 1.807) is 24.3 Å². The molecular formula is C18H21N3O5. The lowest BCUT2D eigenvalue weighted by Crippen LogP contribution is -2.43. The molecule has 0 unspecified atom stereocenters. The van der Waals surface area contributed by atoms with E-state index in [0.29, 0.717) is 24.2 Å². The van der Waals surface area contributed by atoms with Crippen molar-refractivity contribution in [2.24, 2.45) is 5.92 Å². The maximum atomic E-state index is 12.5. The number of carboxylic acid groups (broad SMARTS) is 1. The van der Waals surface area contributed by atoms with Gasteiger partial charge in [-0.25, -0.2) is 0 Å². The van der Waals surface area contributed by atoms with Gasteiger partial charge in [0, 0.05) is 18.9 Å². The van der Waals surface area contributed by atoms with Gasteiger partial charge in [0.05, 0.1) is 17.3 Å². The molecule has 1 aromatic rings. The molecule has 0 bridgehead atoms. The number of fused-ring (bicyclic) bond motifs is 1. The number of rotatable bonds is 5. The van der Waals surface area contributed by atoms with E-state index in [-0.39, 0.29) is 43.1 Å². The number of para-hydroxylation sites is 2. The number of benzene rings is 1. The number of anilines is 2. The lowest BCUT2D eigenvalue weighted by Gasteiger charge is -2.29. The normalized spacial score (nSPS) is 21.7. The van der Waals surface area contributed by atoms with Gasteiger partial charge >= 0.3 is 5.97 Å². The van der Waals surface area contributed by atoms with Crippen LogP contribution in [-0.2, 0) is 19.2 Å². The van der Waals surface area contributed by atoms with E-state index in [1.807, 2.05) is 0 Å². The standard InChI is InChI=1S/C18H21N3O5/c22-15(19-12-6-3-4-11(12)18(25)26)8-9-17(24)21-10-16(23)20-13-5-1-2-7-14(13)21/h1-2,5,7,11-12H,3-4,6,8-10H2,(H,19,22)(H,20,23)(H,25,26)/t11-,12+/m1/s1. The first-order chi connectivity index (χ1) is 12.5. The van der Waals surface area contributed by atoms with Crippen LogP contribution in [0.15, 0.2) is 24.3 Å². The lowest BCUT2D eigenvalue weighted by molar-refractivity contribution is -0.142. The van der Waals surface area contributed by atoms with Gasteiger partial charge in [-0.05, 0) is 25.0 Å². The van der Waals surface area contributed by atoms with Gasteiger partial charge in [0.25, 0.3) is 0 Å². The quantitative estimate of drug-likeness (QED) is 0.729. The fourth-order valence-corrected chi connectivity index (χ4v) is 3.52. The van der Waals surface area contributed by atoms with E-state index in [9.17, 15) is 19.2 Å². The number of carbonyl (C=O) groups is 4. The van der Waals surface area contributed by atoms with Crippen LogP contribution in [0.4, 0.5) is 11.4 Å². The van der Waals surface area contributed by atoms with Gasteiger partial charge in [0.2, 0.25) is 17.7 Å². The topological polar surface area (TPSA) is 116 Å². The molecule has 1 aliphatic carbocycles. The Morgan fingerprint density at radius 2 is 1.96 bits per heavy atom. The predicted molar refractivity (Wildman–Crippen MR) is 93.6 cm³/mol. The van der Waals surface area contributed by atoms with Crippen molar-refractivity contribution >= 4 is 35.1 Å². The van der Waals surface area contributed by atoms with Crippen LogP contribution in [0.5, 0.6) is 0 Å². The zero-order valence-electron chi connectivity index (χ0n) is 14.2. The Labute approximate surface area is 150 Å². The van der Waals surface area contributed by atoms with E-state index in [4.69, 9.17) is 5.11 Å². The van der Waals surface area contributed by atoms with Crippen molar-refractivity contribution in [3.63, 3.8) is 0 Å². The summed E-state index contributed by atoms with van der Waals surface area (Å²) in [5, 5.41) is 14.6. The van der Waals surface area contributed by atoms with Crippen LogP contribution in [0.1, 0.15) is 32.1 Å². The Morgan fingerprint density at radius 3 is 2.73 bits per heavy atom. The Morgan fingerprint density at radius 1 is 1.19 bits per heavy atom. The predicted octanol–water partition coefficient (Wildman–Crippen LogP) is 1.12. The zero-order valence-corrected chi connectivity index (χ0v) is 14.2. The summed E-state index contributed by atoms with van der Waals surface area (Å²) in [6.07, 6.45) is 1.87. The summed E-state index contributed by atoms with van der Waals surface area (Å²) in [4.78, 5) is 48.9. The molecule has 3 N–H and O–H groups in total. The third-order valence-electron chi connectivity index (χ3n) is 4.82. The third-order valence-corrected chi connectivity index (χ3v) is 4.82. The number of hydrogen-bond acceptors (Lipinski definition) is 4. The van der Waals surface area contributed by atoms with Crippen LogP contribution in [-0.4, -0.2) is 41.4 Å². The summed E-state index contributed by atoms with van der Waals surface area (Å²) < 4.78 is 0. The highest BCUT2D eigenvalue weighted by Crippen LogP contribution is 2.29. The van der Waals surface area contributed by atoms with Gasteiger partial charge in [-0.15, -0.1) is 0 Å². The van der Waals surface area contributed by atoms with Gasteiger partial charge in [0.1, 0.15) is 6.54 Å². The molecule has 8 heteroatoms. The number of aliphatic carboxylic acids is 1. The third kappa shape index (κ3) is 3.84. The highest BCUT2D eigenvalue weighted by Gasteiger charge is 2.34. The monoisotopic (exact) mass is 359 g/mol. The number of carbonyl (C=O) groups excluding carboxylic acids is 3. The molecule has 1 saturated carbocycles. The molecule has 26 heavy (non-hydrogen) atoms. The van der Waals surface area contributed by atoms with Crippen molar-refractivity contribution in [1.82, 2.24) is 5.32 Å². The molecule has 0 saturated heterocycles. The smallest absolute Gasteiger partial charge is 0.308 e. The first-order valence-electron chi connectivity index (χ1n) is 8.67. The van der Waals surface area contributed by atoms with Crippen molar-refractivity contribution in [3.05, 3.63) is 24.3 Å². The fourth-order valence-electron chi connectivity index (χ4n) is 3.52. The number of hydrogen-bond donors (Lipinski definition) is 3. The highest BCUT2D eigenvalue weighted by atomic mass is 16.4. The molecule has 0 aromatic heterocycles. The van der Waals surface area contributed by atoms with Crippen LogP contribution in [0.3, 0.4) is 0 Å². The van der Waals surface area contributed by atoms with E-state index in [2.05, 4.69) is 10.6 Å². The highest BCUT2D eigenvalue weighted by molar-refractivity contribution is 6.10. The van der Waals surface area contributed by atoms with Gasteiger partial charge in [0.15, 0.2) is 0 Å². The number of nitrogens with one attached hydrogen (secondary N) is 2. The molecule has 1 aliphatic heterocycles.